The molecule has 1 atom stereocenters. The van der Waals surface area contributed by atoms with Gasteiger partial charge in [0.25, 0.3) is 0 Å². The first kappa shape index (κ1) is 16.2. The molecule has 0 saturated carbocycles. The fourth-order valence-electron chi connectivity index (χ4n) is 2.46. The molecule has 3 aromatic carbocycles. The van der Waals surface area contributed by atoms with Crippen molar-refractivity contribution in [1.82, 2.24) is 4.72 Å². The van der Waals surface area contributed by atoms with E-state index in [0.717, 1.165) is 10.8 Å². The molecule has 0 radical (unpaired) electrons. The summed E-state index contributed by atoms with van der Waals surface area (Å²) in [5.74, 6) is -1.51. The monoisotopic (exact) mass is 340 g/mol. The fourth-order valence-corrected chi connectivity index (χ4v) is 3.66. The second kappa shape index (κ2) is 6.43. The average Bonchev–Trinajstić information content (AvgIpc) is 2.60. The molecule has 0 aliphatic rings. The maximum atomic E-state index is 12.6. The van der Waals surface area contributed by atoms with Gasteiger partial charge in [0.1, 0.15) is 0 Å². The number of carbonyl (C=O) groups is 1. The number of hydrogen-bond donors (Lipinski definition) is 1. The Labute approximate surface area is 139 Å². The Hall–Kier alpha value is -2.70. The standard InChI is InChI=1S/C18H15NO4S/c20-18(21)17(14-7-2-1-3-8-14)19-24(22,23)16-11-10-13-6-4-5-9-15(13)12-16/h1-12,17,19H,(H,20,21)/p-1/t17-/m1/s1. The highest BCUT2D eigenvalue weighted by atomic mass is 32.2. The molecular formula is C18H14NO4S-. The highest BCUT2D eigenvalue weighted by Gasteiger charge is 2.22. The predicted octanol–water partition coefficient (Wildman–Crippen LogP) is 1.61. The molecule has 24 heavy (non-hydrogen) atoms. The van der Waals surface area contributed by atoms with Gasteiger partial charge in [-0.25, -0.2) is 8.42 Å². The molecular weight excluding hydrogens is 326 g/mol. The van der Waals surface area contributed by atoms with Crippen molar-refractivity contribution in [1.29, 1.82) is 0 Å². The highest BCUT2D eigenvalue weighted by molar-refractivity contribution is 7.89. The van der Waals surface area contributed by atoms with Crippen LogP contribution in [0.1, 0.15) is 11.6 Å². The molecule has 0 unspecified atom stereocenters. The van der Waals surface area contributed by atoms with Gasteiger partial charge in [0.05, 0.1) is 16.9 Å². The van der Waals surface area contributed by atoms with Crippen molar-refractivity contribution >= 4 is 26.8 Å². The molecule has 122 valence electrons. The molecule has 3 rings (SSSR count). The third-order valence-corrected chi connectivity index (χ3v) is 5.09. The van der Waals surface area contributed by atoms with E-state index in [1.165, 1.54) is 24.3 Å². The van der Waals surface area contributed by atoms with Crippen molar-refractivity contribution < 1.29 is 18.3 Å². The van der Waals surface area contributed by atoms with E-state index >= 15 is 0 Å². The van der Waals surface area contributed by atoms with Crippen LogP contribution in [-0.2, 0) is 14.8 Å². The lowest BCUT2D eigenvalue weighted by atomic mass is 10.1. The summed E-state index contributed by atoms with van der Waals surface area (Å²) in [5, 5.41) is 13.0. The van der Waals surface area contributed by atoms with Crippen molar-refractivity contribution in [2.45, 2.75) is 10.9 Å². The molecule has 0 bridgehead atoms. The summed E-state index contributed by atoms with van der Waals surface area (Å²) in [6, 6.07) is 18.6. The highest BCUT2D eigenvalue weighted by Crippen LogP contribution is 2.21. The Kier molecular flexibility index (Phi) is 4.33. The molecule has 1 N–H and O–H groups in total. The number of fused-ring (bicyclic) bond motifs is 1. The van der Waals surface area contributed by atoms with Crippen LogP contribution >= 0.6 is 0 Å². The van der Waals surface area contributed by atoms with Crippen LogP contribution in [0.3, 0.4) is 0 Å². The number of benzene rings is 3. The normalized spacial score (nSPS) is 12.8. The van der Waals surface area contributed by atoms with Crippen LogP contribution in [-0.4, -0.2) is 14.4 Å². The Morgan fingerprint density at radius 3 is 2.17 bits per heavy atom. The number of carboxylic acids is 1. The van der Waals surface area contributed by atoms with E-state index in [1.807, 2.05) is 12.1 Å². The lowest BCUT2D eigenvalue weighted by molar-refractivity contribution is -0.308. The molecule has 6 heteroatoms. The molecule has 0 heterocycles. The lowest BCUT2D eigenvalue weighted by Gasteiger charge is -2.20. The van der Waals surface area contributed by atoms with E-state index in [4.69, 9.17) is 0 Å². The number of aliphatic carboxylic acids is 1. The smallest absolute Gasteiger partial charge is 0.241 e. The van der Waals surface area contributed by atoms with E-state index in [2.05, 4.69) is 4.72 Å². The number of hydrogen-bond acceptors (Lipinski definition) is 4. The largest absolute Gasteiger partial charge is 0.548 e. The molecule has 0 saturated heterocycles. The molecule has 0 aliphatic heterocycles. The molecule has 0 fully saturated rings. The summed E-state index contributed by atoms with van der Waals surface area (Å²) in [6.45, 7) is 0. The van der Waals surface area contributed by atoms with E-state index in [9.17, 15) is 18.3 Å². The summed E-state index contributed by atoms with van der Waals surface area (Å²) >= 11 is 0. The first-order valence-corrected chi connectivity index (χ1v) is 8.73. The number of sulfonamides is 1. The topological polar surface area (TPSA) is 86.3 Å². The minimum absolute atomic E-state index is 0.00313. The second-order valence-corrected chi connectivity index (χ2v) is 7.01. The van der Waals surface area contributed by atoms with Crippen LogP contribution in [0.25, 0.3) is 10.8 Å². The summed E-state index contributed by atoms with van der Waals surface area (Å²) in [5.41, 5.74) is 0.307. The lowest BCUT2D eigenvalue weighted by Crippen LogP contribution is -2.41. The van der Waals surface area contributed by atoms with Gasteiger partial charge in [-0.2, -0.15) is 4.72 Å². The van der Waals surface area contributed by atoms with Gasteiger partial charge < -0.3 is 9.90 Å². The van der Waals surface area contributed by atoms with Crippen molar-refractivity contribution in [3.05, 3.63) is 78.4 Å². The van der Waals surface area contributed by atoms with Crippen LogP contribution in [0.15, 0.2) is 77.7 Å². The first-order valence-electron chi connectivity index (χ1n) is 7.24. The number of carboxylic acid groups (broad SMARTS) is 1. The quantitative estimate of drug-likeness (QED) is 0.764. The summed E-state index contributed by atoms with van der Waals surface area (Å²) < 4.78 is 27.3. The minimum atomic E-state index is -4.01. The van der Waals surface area contributed by atoms with Gasteiger partial charge in [0.15, 0.2) is 0 Å². The van der Waals surface area contributed by atoms with E-state index in [0.29, 0.717) is 5.56 Å². The zero-order valence-corrected chi connectivity index (χ0v) is 13.4. The SMILES string of the molecule is O=C([O-])[C@H](NS(=O)(=O)c1ccc2ccccc2c1)c1ccccc1. The van der Waals surface area contributed by atoms with E-state index < -0.39 is 22.0 Å². The first-order chi connectivity index (χ1) is 11.5. The third kappa shape index (κ3) is 3.29. The van der Waals surface area contributed by atoms with Crippen LogP contribution in [0.5, 0.6) is 0 Å². The van der Waals surface area contributed by atoms with E-state index in [-0.39, 0.29) is 4.90 Å². The van der Waals surface area contributed by atoms with Crippen LogP contribution in [0.2, 0.25) is 0 Å². The summed E-state index contributed by atoms with van der Waals surface area (Å²) in [7, 11) is -4.01. The Morgan fingerprint density at radius 1 is 0.875 bits per heavy atom. The molecule has 0 spiro atoms. The van der Waals surface area contributed by atoms with Gasteiger partial charge in [-0.15, -0.1) is 0 Å². The number of carbonyl (C=O) groups excluding carboxylic acids is 1. The summed E-state index contributed by atoms with van der Waals surface area (Å²) in [6.07, 6.45) is 0. The zero-order valence-electron chi connectivity index (χ0n) is 12.5. The van der Waals surface area contributed by atoms with Gasteiger partial charge in [0.2, 0.25) is 10.0 Å². The maximum Gasteiger partial charge on any atom is 0.241 e. The van der Waals surface area contributed by atoms with Crippen molar-refractivity contribution in [3.8, 4) is 0 Å². The third-order valence-electron chi connectivity index (χ3n) is 3.67. The van der Waals surface area contributed by atoms with Crippen LogP contribution in [0, 0.1) is 0 Å². The molecule has 3 aromatic rings. The van der Waals surface area contributed by atoms with Crippen LogP contribution < -0.4 is 9.83 Å². The molecule has 0 aliphatic carbocycles. The number of rotatable bonds is 5. The predicted molar refractivity (Wildman–Crippen MR) is 88.5 cm³/mol. The van der Waals surface area contributed by atoms with Gasteiger partial charge in [0, 0.05) is 0 Å². The van der Waals surface area contributed by atoms with Gasteiger partial charge >= 0.3 is 0 Å². The molecule has 0 aromatic heterocycles. The summed E-state index contributed by atoms with van der Waals surface area (Å²) in [4.78, 5) is 11.4. The molecule has 5 nitrogen and oxygen atoms in total. The zero-order chi connectivity index (χ0) is 17.2. The minimum Gasteiger partial charge on any atom is -0.548 e. The van der Waals surface area contributed by atoms with Gasteiger partial charge in [-0.3, -0.25) is 0 Å². The maximum absolute atomic E-state index is 12.6. The van der Waals surface area contributed by atoms with Crippen molar-refractivity contribution in [2.24, 2.45) is 0 Å². The number of nitrogens with one attached hydrogen (secondary N) is 1. The Morgan fingerprint density at radius 2 is 1.50 bits per heavy atom. The van der Waals surface area contributed by atoms with E-state index in [1.54, 1.807) is 36.4 Å². The fraction of sp³-hybridized carbons (Fsp3) is 0.0556. The Balaban J connectivity index is 1.97. The average molecular weight is 340 g/mol. The van der Waals surface area contributed by atoms with Gasteiger partial charge in [-0.1, -0.05) is 60.7 Å². The van der Waals surface area contributed by atoms with Crippen LogP contribution in [0.4, 0.5) is 0 Å². The second-order valence-electron chi connectivity index (χ2n) is 5.29. The molecule has 0 amide bonds. The van der Waals surface area contributed by atoms with Crippen molar-refractivity contribution in [2.75, 3.05) is 0 Å². The van der Waals surface area contributed by atoms with Gasteiger partial charge in [-0.05, 0) is 28.5 Å². The Bertz CT molecular complexity index is 984. The van der Waals surface area contributed by atoms with Crippen molar-refractivity contribution in [3.63, 3.8) is 0 Å².